The zero-order valence-corrected chi connectivity index (χ0v) is 18.2. The molecule has 176 valence electrons. The number of Topliss-reactive ketones (excluding diaryl/α,β-unsaturated/α-hetero) is 1. The molecule has 0 aromatic carbocycles. The maximum Gasteiger partial charge on any atom is 0.333 e. The summed E-state index contributed by atoms with van der Waals surface area (Å²) < 4.78 is 19.6. The maximum atomic E-state index is 12.5. The molecule has 0 aromatic rings. The van der Waals surface area contributed by atoms with Crippen molar-refractivity contribution in [3.8, 4) is 0 Å². The first-order valence-corrected chi connectivity index (χ1v) is 9.68. The van der Waals surface area contributed by atoms with Crippen LogP contribution < -0.4 is 5.73 Å². The molecule has 1 aliphatic rings. The van der Waals surface area contributed by atoms with Crippen molar-refractivity contribution in [1.29, 1.82) is 0 Å². The molecule has 4 unspecified atom stereocenters. The van der Waals surface area contributed by atoms with E-state index in [-0.39, 0.29) is 37.6 Å². The number of hydrogen-bond donors (Lipinski definition) is 1. The predicted octanol–water partition coefficient (Wildman–Crippen LogP) is -0.136. The molecule has 0 aromatic heterocycles. The third kappa shape index (κ3) is 6.76. The maximum absolute atomic E-state index is 12.5. The fraction of sp³-hybridized carbons (Fsp3) is 0.524. The van der Waals surface area contributed by atoms with Crippen LogP contribution in [-0.4, -0.2) is 62.0 Å². The molecule has 0 aliphatic heterocycles. The smallest absolute Gasteiger partial charge is 0.333 e. The second-order valence-corrected chi connectivity index (χ2v) is 7.28. The van der Waals surface area contributed by atoms with Gasteiger partial charge >= 0.3 is 23.9 Å². The summed E-state index contributed by atoms with van der Waals surface area (Å²) >= 11 is 0. The number of hydrogen-bond acceptors (Lipinski definition) is 10. The first-order valence-electron chi connectivity index (χ1n) is 9.68. The van der Waals surface area contributed by atoms with Crippen LogP contribution in [0.15, 0.2) is 24.3 Å². The molecule has 1 fully saturated rings. The topological polar surface area (TPSA) is 165 Å². The van der Waals surface area contributed by atoms with E-state index in [0.717, 1.165) is 6.92 Å². The average Bonchev–Trinajstić information content (AvgIpc) is 2.66. The Balaban J connectivity index is 2.78. The van der Waals surface area contributed by atoms with Crippen LogP contribution in [-0.2, 0) is 47.7 Å². The van der Waals surface area contributed by atoms with Crippen LogP contribution >= 0.6 is 0 Å². The van der Waals surface area contributed by atoms with Gasteiger partial charge in [0.25, 0.3) is 0 Å². The fourth-order valence-electron chi connectivity index (χ4n) is 3.19. The number of esters is 4. The van der Waals surface area contributed by atoms with Gasteiger partial charge in [-0.1, -0.05) is 13.2 Å². The second-order valence-electron chi connectivity index (χ2n) is 7.28. The molecule has 32 heavy (non-hydrogen) atoms. The highest BCUT2D eigenvalue weighted by Crippen LogP contribution is 2.48. The van der Waals surface area contributed by atoms with E-state index in [9.17, 15) is 28.8 Å². The van der Waals surface area contributed by atoms with E-state index in [0.29, 0.717) is 0 Å². The van der Waals surface area contributed by atoms with Crippen LogP contribution in [0, 0.1) is 23.7 Å². The molecule has 0 heterocycles. The number of rotatable bonds is 12. The van der Waals surface area contributed by atoms with E-state index in [1.54, 1.807) is 0 Å². The lowest BCUT2D eigenvalue weighted by molar-refractivity contribution is -0.187. The summed E-state index contributed by atoms with van der Waals surface area (Å²) in [5, 5.41) is 0. The van der Waals surface area contributed by atoms with E-state index in [1.165, 1.54) is 13.8 Å². The lowest BCUT2D eigenvalue weighted by atomic mass is 9.55. The van der Waals surface area contributed by atoms with Crippen LogP contribution in [0.4, 0.5) is 0 Å². The number of nitrogens with two attached hydrogens (primary N) is 1. The Hall–Kier alpha value is -3.50. The van der Waals surface area contributed by atoms with E-state index >= 15 is 0 Å². The highest BCUT2D eigenvalue weighted by molar-refractivity contribution is 6.00. The Morgan fingerprint density at radius 3 is 1.28 bits per heavy atom. The second kappa shape index (κ2) is 11.8. The molecule has 4 atom stereocenters. The predicted molar refractivity (Wildman–Crippen MR) is 107 cm³/mol. The molecule has 0 saturated heterocycles. The molecule has 0 radical (unpaired) electrons. The van der Waals surface area contributed by atoms with Gasteiger partial charge in [0, 0.05) is 17.1 Å². The third-order valence-electron chi connectivity index (χ3n) is 4.71. The van der Waals surface area contributed by atoms with E-state index < -0.39 is 59.2 Å². The van der Waals surface area contributed by atoms with Gasteiger partial charge in [-0.2, -0.15) is 0 Å². The van der Waals surface area contributed by atoms with Crippen LogP contribution in [0.3, 0.4) is 0 Å². The van der Waals surface area contributed by atoms with Gasteiger partial charge in [-0.3, -0.25) is 19.2 Å². The fourth-order valence-corrected chi connectivity index (χ4v) is 3.19. The van der Waals surface area contributed by atoms with Crippen molar-refractivity contribution in [2.75, 3.05) is 26.4 Å². The Labute approximate surface area is 184 Å². The van der Waals surface area contributed by atoms with Crippen LogP contribution in [0.25, 0.3) is 0 Å². The summed E-state index contributed by atoms with van der Waals surface area (Å²) in [6.45, 7) is 9.64. The van der Waals surface area contributed by atoms with Gasteiger partial charge in [0.05, 0.1) is 17.8 Å². The van der Waals surface area contributed by atoms with Crippen molar-refractivity contribution in [3.63, 3.8) is 0 Å². The quantitative estimate of drug-likeness (QED) is 0.182. The van der Waals surface area contributed by atoms with Gasteiger partial charge in [-0.15, -0.1) is 0 Å². The number of ketones is 1. The van der Waals surface area contributed by atoms with Crippen LogP contribution in [0.5, 0.6) is 0 Å². The SMILES string of the molecule is C=C(C)C(=O)OCCOC(=O)C1C(C(C)=O)C(C(N)=O)C1C(=O)OCCOC(=O)C(=C)C. The van der Waals surface area contributed by atoms with E-state index in [1.807, 2.05) is 0 Å². The highest BCUT2D eigenvalue weighted by Gasteiger charge is 2.63. The molecule has 1 amide bonds. The molecule has 1 aliphatic carbocycles. The standard InChI is InChI=1S/C21H27NO10/c1-10(2)18(25)29-6-8-31-20(27)15-13(12(5)23)14(17(22)24)16(15)21(28)32-9-7-30-19(26)11(3)4/h13-16H,1,3,6-9H2,2,4-5H3,(H2,22,24). The van der Waals surface area contributed by atoms with Crippen molar-refractivity contribution in [2.45, 2.75) is 20.8 Å². The lowest BCUT2D eigenvalue weighted by Gasteiger charge is -2.45. The van der Waals surface area contributed by atoms with Crippen LogP contribution in [0.1, 0.15) is 20.8 Å². The Morgan fingerprint density at radius 1 is 0.625 bits per heavy atom. The van der Waals surface area contributed by atoms with Crippen molar-refractivity contribution >= 4 is 35.6 Å². The van der Waals surface area contributed by atoms with Crippen molar-refractivity contribution in [1.82, 2.24) is 0 Å². The summed E-state index contributed by atoms with van der Waals surface area (Å²) in [6, 6.07) is 0. The zero-order chi connectivity index (χ0) is 24.6. The molecule has 2 N–H and O–H groups in total. The zero-order valence-electron chi connectivity index (χ0n) is 18.2. The third-order valence-corrected chi connectivity index (χ3v) is 4.71. The van der Waals surface area contributed by atoms with Gasteiger partial charge in [-0.25, -0.2) is 9.59 Å². The van der Waals surface area contributed by atoms with E-state index in [2.05, 4.69) is 13.2 Å². The number of primary amides is 1. The molecular weight excluding hydrogens is 426 g/mol. The minimum atomic E-state index is -1.34. The van der Waals surface area contributed by atoms with Gasteiger partial charge in [0.2, 0.25) is 5.91 Å². The molecule has 1 saturated carbocycles. The first kappa shape index (κ1) is 26.5. The number of ether oxygens (including phenoxy) is 4. The number of amides is 1. The molecule has 11 heteroatoms. The monoisotopic (exact) mass is 453 g/mol. The summed E-state index contributed by atoms with van der Waals surface area (Å²) in [5.74, 6) is -9.77. The number of carbonyl (C=O) groups is 6. The summed E-state index contributed by atoms with van der Waals surface area (Å²) in [6.07, 6.45) is 0. The molecule has 11 nitrogen and oxygen atoms in total. The normalized spacial score (nSPS) is 21.3. The Kier molecular flexibility index (Phi) is 9.76. The molecule has 1 rings (SSSR count). The summed E-state index contributed by atoms with van der Waals surface area (Å²) in [4.78, 5) is 71.6. The minimum absolute atomic E-state index is 0.158. The largest absolute Gasteiger partial charge is 0.462 e. The van der Waals surface area contributed by atoms with E-state index in [4.69, 9.17) is 24.7 Å². The van der Waals surface area contributed by atoms with Gasteiger partial charge in [0.1, 0.15) is 32.2 Å². The van der Waals surface area contributed by atoms with Crippen molar-refractivity contribution in [2.24, 2.45) is 29.4 Å². The van der Waals surface area contributed by atoms with Crippen molar-refractivity contribution in [3.05, 3.63) is 24.3 Å². The number of carbonyl (C=O) groups excluding carboxylic acids is 6. The Bertz CT molecular complexity index is 762. The van der Waals surface area contributed by atoms with Crippen LogP contribution in [0.2, 0.25) is 0 Å². The Morgan fingerprint density at radius 2 is 0.969 bits per heavy atom. The van der Waals surface area contributed by atoms with Gasteiger partial charge < -0.3 is 24.7 Å². The van der Waals surface area contributed by atoms with Crippen molar-refractivity contribution < 1.29 is 47.7 Å². The molecule has 0 spiro atoms. The summed E-state index contributed by atoms with van der Waals surface area (Å²) in [7, 11) is 0. The lowest BCUT2D eigenvalue weighted by Crippen LogP contribution is -2.61. The van der Waals surface area contributed by atoms with Gasteiger partial charge in [-0.05, 0) is 20.8 Å². The highest BCUT2D eigenvalue weighted by atomic mass is 16.6. The molecular formula is C21H27NO10. The van der Waals surface area contributed by atoms with Gasteiger partial charge in [0.15, 0.2) is 0 Å². The summed E-state index contributed by atoms with van der Waals surface area (Å²) in [5.41, 5.74) is 5.65. The minimum Gasteiger partial charge on any atom is -0.462 e. The average molecular weight is 453 g/mol. The first-order chi connectivity index (χ1) is 14.9. The molecule has 0 bridgehead atoms.